The monoisotopic (exact) mass is 583 g/mol. The number of hydrogen-bond donors (Lipinski definition) is 4. The number of hydroxylamine groups is 1. The Morgan fingerprint density at radius 1 is 1.08 bits per heavy atom. The lowest BCUT2D eigenvalue weighted by molar-refractivity contribution is 0.0532. The largest absolute Gasteiger partial charge is 0.490 e. The van der Waals surface area contributed by atoms with Gasteiger partial charge in [-0.1, -0.05) is 11.6 Å². The topological polar surface area (TPSA) is 155 Å². The summed E-state index contributed by atoms with van der Waals surface area (Å²) in [5, 5.41) is 6.48. The standard InChI is InChI=1S/C24H25ClN4O6.CH5NO.ClH/c1-32-9-10-34-22-13-20-16(12-17(22)23(30)29-33-2)21(7-8-26-20)35-15-5-6-19(18(25)11-15)28-24(31)27-14-3-4-14;1-3-2;/h5-8,11-14H,3-4,9-10H2,1-2H3,(H,29,30)(H2,27,28,31);2H2,1H3;1H. The van der Waals surface area contributed by atoms with Gasteiger partial charge < -0.3 is 29.7 Å². The molecule has 1 aliphatic carbocycles. The molecule has 5 N–H and O–H groups in total. The summed E-state index contributed by atoms with van der Waals surface area (Å²) in [7, 11) is 4.31. The van der Waals surface area contributed by atoms with Crippen molar-refractivity contribution < 1.29 is 33.5 Å². The Kier molecular flexibility index (Phi) is 13.0. The van der Waals surface area contributed by atoms with E-state index in [1.165, 1.54) is 14.2 Å². The molecule has 39 heavy (non-hydrogen) atoms. The third-order valence-electron chi connectivity index (χ3n) is 5.12. The Bertz CT molecular complexity index is 1260. The average Bonchev–Trinajstić information content (AvgIpc) is 3.70. The molecule has 1 fully saturated rings. The second kappa shape index (κ2) is 15.9. The number of carbonyl (C=O) groups excluding carboxylic acids is 2. The Morgan fingerprint density at radius 2 is 1.82 bits per heavy atom. The number of rotatable bonds is 10. The molecule has 14 heteroatoms. The normalized spacial score (nSPS) is 11.9. The second-order valence-corrected chi connectivity index (χ2v) is 8.41. The maximum Gasteiger partial charge on any atom is 0.319 e. The van der Waals surface area contributed by atoms with E-state index in [9.17, 15) is 9.59 Å². The fraction of sp³-hybridized carbons (Fsp3) is 0.320. The van der Waals surface area contributed by atoms with Gasteiger partial charge in [-0.25, -0.2) is 16.2 Å². The molecule has 1 aliphatic rings. The highest BCUT2D eigenvalue weighted by atomic mass is 35.5. The van der Waals surface area contributed by atoms with E-state index in [1.54, 1.807) is 49.7 Å². The summed E-state index contributed by atoms with van der Waals surface area (Å²) in [6.45, 7) is 0.608. The highest BCUT2D eigenvalue weighted by Gasteiger charge is 2.23. The van der Waals surface area contributed by atoms with Crippen LogP contribution in [0.4, 0.5) is 10.5 Å². The van der Waals surface area contributed by atoms with Crippen molar-refractivity contribution in [2.24, 2.45) is 5.90 Å². The van der Waals surface area contributed by atoms with Gasteiger partial charge in [-0.2, -0.15) is 0 Å². The molecule has 212 valence electrons. The molecule has 3 amide bonds. The molecule has 1 saturated carbocycles. The van der Waals surface area contributed by atoms with Crippen LogP contribution >= 0.6 is 24.0 Å². The number of fused-ring (bicyclic) bond motifs is 1. The molecule has 0 saturated heterocycles. The van der Waals surface area contributed by atoms with E-state index < -0.39 is 5.91 Å². The zero-order chi connectivity index (χ0) is 27.5. The van der Waals surface area contributed by atoms with Gasteiger partial charge in [0.1, 0.15) is 23.9 Å². The van der Waals surface area contributed by atoms with E-state index >= 15 is 0 Å². The summed E-state index contributed by atoms with van der Waals surface area (Å²) >= 11 is 6.36. The number of aromatic nitrogens is 1. The number of benzene rings is 2. The van der Waals surface area contributed by atoms with Gasteiger partial charge in [-0.05, 0) is 37.1 Å². The van der Waals surface area contributed by atoms with Crippen molar-refractivity contribution in [2.45, 2.75) is 18.9 Å². The maximum atomic E-state index is 12.6. The van der Waals surface area contributed by atoms with Gasteiger partial charge in [0.15, 0.2) is 0 Å². The zero-order valence-corrected chi connectivity index (χ0v) is 23.2. The van der Waals surface area contributed by atoms with E-state index in [0.29, 0.717) is 45.5 Å². The van der Waals surface area contributed by atoms with Gasteiger partial charge in [0.2, 0.25) is 0 Å². The van der Waals surface area contributed by atoms with E-state index in [2.05, 4.69) is 31.8 Å². The van der Waals surface area contributed by atoms with Crippen molar-refractivity contribution in [1.82, 2.24) is 15.8 Å². The number of nitrogens with one attached hydrogen (secondary N) is 3. The lowest BCUT2D eigenvalue weighted by Crippen LogP contribution is -2.30. The molecule has 1 aromatic heterocycles. The first-order valence-corrected chi connectivity index (χ1v) is 11.9. The molecule has 4 rings (SSSR count). The van der Waals surface area contributed by atoms with Crippen LogP contribution in [0.25, 0.3) is 10.9 Å². The van der Waals surface area contributed by atoms with Crippen molar-refractivity contribution in [2.75, 3.05) is 39.9 Å². The van der Waals surface area contributed by atoms with Crippen LogP contribution in [-0.2, 0) is 14.4 Å². The van der Waals surface area contributed by atoms with Crippen LogP contribution in [0.3, 0.4) is 0 Å². The van der Waals surface area contributed by atoms with Gasteiger partial charge in [0.25, 0.3) is 5.91 Å². The Balaban J connectivity index is 0.00000127. The number of carbonyl (C=O) groups is 2. The van der Waals surface area contributed by atoms with Crippen LogP contribution in [0.1, 0.15) is 23.2 Å². The summed E-state index contributed by atoms with van der Waals surface area (Å²) in [5.74, 6) is 5.09. The lowest BCUT2D eigenvalue weighted by Gasteiger charge is -2.15. The molecule has 0 atom stereocenters. The number of halogens is 2. The zero-order valence-electron chi connectivity index (χ0n) is 21.6. The first-order valence-electron chi connectivity index (χ1n) is 11.6. The van der Waals surface area contributed by atoms with Gasteiger partial charge >= 0.3 is 6.03 Å². The number of anilines is 1. The number of pyridine rings is 1. The Hall–Kier alpha value is -3.39. The third kappa shape index (κ3) is 9.39. The van der Waals surface area contributed by atoms with Gasteiger partial charge in [-0.15, -0.1) is 12.4 Å². The molecule has 0 radical (unpaired) electrons. The van der Waals surface area contributed by atoms with Gasteiger partial charge in [-0.3, -0.25) is 14.6 Å². The summed E-state index contributed by atoms with van der Waals surface area (Å²) in [5.41, 5.74) is 3.57. The second-order valence-electron chi connectivity index (χ2n) is 8.00. The summed E-state index contributed by atoms with van der Waals surface area (Å²) in [6, 6.07) is 9.83. The highest BCUT2D eigenvalue weighted by Crippen LogP contribution is 2.35. The fourth-order valence-corrected chi connectivity index (χ4v) is 3.49. The molecule has 0 bridgehead atoms. The first-order chi connectivity index (χ1) is 18.4. The smallest absolute Gasteiger partial charge is 0.319 e. The minimum atomic E-state index is -0.487. The first kappa shape index (κ1) is 31.8. The van der Waals surface area contributed by atoms with E-state index in [1.807, 2.05) is 0 Å². The molecular formula is C25H31Cl2N5O7. The molecule has 0 unspecified atom stereocenters. The Labute approximate surface area is 236 Å². The van der Waals surface area contributed by atoms with Crippen molar-refractivity contribution in [3.63, 3.8) is 0 Å². The number of urea groups is 1. The predicted octanol–water partition coefficient (Wildman–Crippen LogP) is 4.21. The molecule has 12 nitrogen and oxygen atoms in total. The quantitative estimate of drug-likeness (QED) is 0.203. The predicted molar refractivity (Wildman–Crippen MR) is 149 cm³/mol. The third-order valence-corrected chi connectivity index (χ3v) is 5.43. The summed E-state index contributed by atoms with van der Waals surface area (Å²) in [4.78, 5) is 37.5. The molecule has 3 aromatic rings. The number of nitrogens with zero attached hydrogens (tertiary/aromatic N) is 1. The van der Waals surface area contributed by atoms with Crippen molar-refractivity contribution >= 4 is 52.5 Å². The number of nitrogens with two attached hydrogens (primary N) is 1. The number of ether oxygens (including phenoxy) is 3. The molecule has 0 spiro atoms. The van der Waals surface area contributed by atoms with Crippen molar-refractivity contribution in [1.29, 1.82) is 0 Å². The Morgan fingerprint density at radius 3 is 2.46 bits per heavy atom. The minimum Gasteiger partial charge on any atom is -0.490 e. The van der Waals surface area contributed by atoms with Crippen LogP contribution in [0, 0.1) is 0 Å². The molecule has 1 heterocycles. The van der Waals surface area contributed by atoms with E-state index in [0.717, 1.165) is 12.8 Å². The highest BCUT2D eigenvalue weighted by molar-refractivity contribution is 6.33. The van der Waals surface area contributed by atoms with Crippen molar-refractivity contribution in [3.05, 3.63) is 53.2 Å². The summed E-state index contributed by atoms with van der Waals surface area (Å²) < 4.78 is 16.8. The van der Waals surface area contributed by atoms with E-state index in [-0.39, 0.29) is 36.7 Å². The fourth-order valence-electron chi connectivity index (χ4n) is 3.28. The molecule has 2 aromatic carbocycles. The van der Waals surface area contributed by atoms with E-state index in [4.69, 9.17) is 30.6 Å². The maximum absolute atomic E-state index is 12.6. The van der Waals surface area contributed by atoms with Gasteiger partial charge in [0.05, 0.1) is 42.6 Å². The average molecular weight is 584 g/mol. The molecular weight excluding hydrogens is 553 g/mol. The lowest BCUT2D eigenvalue weighted by atomic mass is 10.1. The number of methoxy groups -OCH3 is 1. The number of amides is 3. The number of hydrogen-bond acceptors (Lipinski definition) is 9. The van der Waals surface area contributed by atoms with Crippen LogP contribution in [-0.4, -0.2) is 57.5 Å². The SMILES string of the molecule is COCCOc1cc2nccc(Oc3ccc(NC(=O)NC4CC4)c(Cl)c3)c2cc1C(=O)NOC.CON.Cl. The van der Waals surface area contributed by atoms with Crippen LogP contribution in [0.2, 0.25) is 5.02 Å². The van der Waals surface area contributed by atoms with Crippen LogP contribution in [0.15, 0.2) is 42.6 Å². The van der Waals surface area contributed by atoms with Crippen LogP contribution < -0.4 is 31.5 Å². The summed E-state index contributed by atoms with van der Waals surface area (Å²) in [6.07, 6.45) is 3.57. The van der Waals surface area contributed by atoms with Gasteiger partial charge in [0, 0.05) is 36.9 Å². The minimum absolute atomic E-state index is 0. The molecule has 0 aliphatic heterocycles. The van der Waals surface area contributed by atoms with Crippen molar-refractivity contribution in [3.8, 4) is 17.2 Å². The van der Waals surface area contributed by atoms with Crippen LogP contribution in [0.5, 0.6) is 17.2 Å².